The maximum absolute atomic E-state index is 12.3. The van der Waals surface area contributed by atoms with Gasteiger partial charge in [-0.15, -0.1) is 0 Å². The van der Waals surface area contributed by atoms with Crippen LogP contribution in [0.2, 0.25) is 0 Å². The standard InChI is InChI=1S/C17H16N2O4/c1-10(2)22-12-8-6-11(7-9-12)16(20)18-13-4-3-5-14-15(13)19-17(21)23-14/h3-10H,1-2H3,(H,18,20)(H,19,21). The molecule has 3 aromatic rings. The van der Waals surface area contributed by atoms with Crippen molar-refractivity contribution in [3.63, 3.8) is 0 Å². The van der Waals surface area contributed by atoms with Crippen molar-refractivity contribution >= 4 is 22.7 Å². The fourth-order valence-corrected chi connectivity index (χ4v) is 2.23. The fourth-order valence-electron chi connectivity index (χ4n) is 2.23. The maximum atomic E-state index is 12.3. The summed E-state index contributed by atoms with van der Waals surface area (Å²) in [4.78, 5) is 26.2. The lowest BCUT2D eigenvalue weighted by atomic mass is 10.2. The van der Waals surface area contributed by atoms with Gasteiger partial charge in [0.15, 0.2) is 5.58 Å². The molecule has 0 fully saturated rings. The second-order valence-electron chi connectivity index (χ2n) is 5.34. The summed E-state index contributed by atoms with van der Waals surface area (Å²) in [5.74, 6) is -0.134. The third-order valence-corrected chi connectivity index (χ3v) is 3.19. The smallest absolute Gasteiger partial charge is 0.417 e. The predicted octanol–water partition coefficient (Wildman–Crippen LogP) is 3.16. The number of carbonyl (C=O) groups excluding carboxylic acids is 1. The van der Waals surface area contributed by atoms with Crippen LogP contribution in [0.25, 0.3) is 11.1 Å². The first-order valence-corrected chi connectivity index (χ1v) is 7.23. The first kappa shape index (κ1) is 14.9. The number of oxazole rings is 1. The largest absolute Gasteiger partial charge is 0.491 e. The summed E-state index contributed by atoms with van der Waals surface area (Å²) in [6.07, 6.45) is 0.0743. The van der Waals surface area contributed by atoms with E-state index in [0.717, 1.165) is 0 Å². The molecule has 1 amide bonds. The Labute approximate surface area is 132 Å². The Bertz CT molecular complexity index is 891. The summed E-state index contributed by atoms with van der Waals surface area (Å²) in [5.41, 5.74) is 1.84. The molecule has 118 valence electrons. The van der Waals surface area contributed by atoms with E-state index in [-0.39, 0.29) is 12.0 Å². The normalized spacial score (nSPS) is 10.9. The Balaban J connectivity index is 1.82. The van der Waals surface area contributed by atoms with Gasteiger partial charge in [0.2, 0.25) is 0 Å². The molecule has 0 atom stereocenters. The average molecular weight is 312 g/mol. The molecule has 0 aliphatic rings. The Kier molecular flexibility index (Phi) is 3.89. The number of fused-ring (bicyclic) bond motifs is 1. The number of amides is 1. The lowest BCUT2D eigenvalue weighted by Gasteiger charge is -2.10. The SMILES string of the molecule is CC(C)Oc1ccc(C(=O)Nc2cccc3oc(=O)[nH]c23)cc1. The zero-order valence-corrected chi connectivity index (χ0v) is 12.8. The van der Waals surface area contributed by atoms with Crippen LogP contribution < -0.4 is 15.8 Å². The summed E-state index contributed by atoms with van der Waals surface area (Å²) in [6, 6.07) is 11.9. The van der Waals surface area contributed by atoms with E-state index in [0.29, 0.717) is 28.1 Å². The highest BCUT2D eigenvalue weighted by molar-refractivity contribution is 6.07. The maximum Gasteiger partial charge on any atom is 0.417 e. The van der Waals surface area contributed by atoms with Crippen molar-refractivity contribution in [2.24, 2.45) is 0 Å². The molecule has 0 bridgehead atoms. The molecule has 0 saturated heterocycles. The van der Waals surface area contributed by atoms with Crippen molar-refractivity contribution in [3.8, 4) is 5.75 Å². The number of hydrogen-bond donors (Lipinski definition) is 2. The van der Waals surface area contributed by atoms with E-state index < -0.39 is 5.76 Å². The van der Waals surface area contributed by atoms with Crippen LogP contribution >= 0.6 is 0 Å². The molecular formula is C17H16N2O4. The summed E-state index contributed by atoms with van der Waals surface area (Å²) in [6.45, 7) is 3.87. The van der Waals surface area contributed by atoms with Crippen LogP contribution in [0.3, 0.4) is 0 Å². The Morgan fingerprint density at radius 3 is 2.61 bits per heavy atom. The van der Waals surface area contributed by atoms with Gasteiger partial charge in [0, 0.05) is 5.56 Å². The zero-order chi connectivity index (χ0) is 16.4. The Morgan fingerprint density at radius 2 is 1.91 bits per heavy atom. The first-order chi connectivity index (χ1) is 11.0. The van der Waals surface area contributed by atoms with E-state index in [4.69, 9.17) is 9.15 Å². The van der Waals surface area contributed by atoms with Crippen LogP contribution in [-0.2, 0) is 0 Å². The molecule has 6 heteroatoms. The van der Waals surface area contributed by atoms with Crippen LogP contribution in [-0.4, -0.2) is 17.0 Å². The topological polar surface area (TPSA) is 84.3 Å². The molecule has 1 aromatic heterocycles. The van der Waals surface area contributed by atoms with Crippen LogP contribution in [0.5, 0.6) is 5.75 Å². The van der Waals surface area contributed by atoms with Gasteiger partial charge in [-0.1, -0.05) is 6.07 Å². The van der Waals surface area contributed by atoms with Crippen LogP contribution in [0.4, 0.5) is 5.69 Å². The highest BCUT2D eigenvalue weighted by atomic mass is 16.5. The van der Waals surface area contributed by atoms with Crippen molar-refractivity contribution < 1.29 is 13.9 Å². The molecule has 0 unspecified atom stereocenters. The number of para-hydroxylation sites is 1. The van der Waals surface area contributed by atoms with Crippen molar-refractivity contribution in [3.05, 3.63) is 58.6 Å². The number of aromatic amines is 1. The van der Waals surface area contributed by atoms with Gasteiger partial charge >= 0.3 is 5.76 Å². The molecular weight excluding hydrogens is 296 g/mol. The number of carbonyl (C=O) groups is 1. The van der Waals surface area contributed by atoms with E-state index in [1.54, 1.807) is 42.5 Å². The lowest BCUT2D eigenvalue weighted by molar-refractivity contribution is 0.102. The van der Waals surface area contributed by atoms with Crippen molar-refractivity contribution in [1.29, 1.82) is 0 Å². The predicted molar refractivity (Wildman–Crippen MR) is 87.0 cm³/mol. The number of benzene rings is 2. The number of rotatable bonds is 4. The summed E-state index contributed by atoms with van der Waals surface area (Å²) < 4.78 is 10.5. The van der Waals surface area contributed by atoms with Gasteiger partial charge in [-0.2, -0.15) is 0 Å². The minimum absolute atomic E-state index is 0.0743. The highest BCUT2D eigenvalue weighted by Crippen LogP contribution is 2.21. The van der Waals surface area contributed by atoms with Gasteiger partial charge in [0.1, 0.15) is 11.3 Å². The quantitative estimate of drug-likeness (QED) is 0.775. The minimum atomic E-state index is -0.558. The Hall–Kier alpha value is -3.02. The second kappa shape index (κ2) is 6.00. The van der Waals surface area contributed by atoms with E-state index in [1.807, 2.05) is 13.8 Å². The van der Waals surface area contributed by atoms with Crippen molar-refractivity contribution in [2.75, 3.05) is 5.32 Å². The van der Waals surface area contributed by atoms with Gasteiger partial charge in [-0.3, -0.25) is 9.78 Å². The molecule has 0 aliphatic heterocycles. The molecule has 0 radical (unpaired) electrons. The highest BCUT2D eigenvalue weighted by Gasteiger charge is 2.11. The van der Waals surface area contributed by atoms with E-state index in [9.17, 15) is 9.59 Å². The summed E-state index contributed by atoms with van der Waals surface area (Å²) >= 11 is 0. The van der Waals surface area contributed by atoms with Crippen LogP contribution in [0, 0.1) is 0 Å². The second-order valence-corrected chi connectivity index (χ2v) is 5.34. The van der Waals surface area contributed by atoms with E-state index >= 15 is 0 Å². The third kappa shape index (κ3) is 3.26. The summed E-state index contributed by atoms with van der Waals surface area (Å²) in [5, 5.41) is 2.76. The molecule has 0 saturated carbocycles. The monoisotopic (exact) mass is 312 g/mol. The number of H-pyrrole nitrogens is 1. The van der Waals surface area contributed by atoms with Crippen LogP contribution in [0.15, 0.2) is 51.7 Å². The average Bonchev–Trinajstić information content (AvgIpc) is 2.88. The lowest BCUT2D eigenvalue weighted by Crippen LogP contribution is -2.12. The van der Waals surface area contributed by atoms with Crippen LogP contribution in [0.1, 0.15) is 24.2 Å². The number of hydrogen-bond acceptors (Lipinski definition) is 4. The first-order valence-electron chi connectivity index (χ1n) is 7.23. The molecule has 0 aliphatic carbocycles. The minimum Gasteiger partial charge on any atom is -0.491 e. The molecule has 2 N–H and O–H groups in total. The van der Waals surface area contributed by atoms with Gasteiger partial charge in [-0.05, 0) is 50.2 Å². The van der Waals surface area contributed by atoms with Gasteiger partial charge < -0.3 is 14.5 Å². The molecule has 6 nitrogen and oxygen atoms in total. The third-order valence-electron chi connectivity index (χ3n) is 3.19. The zero-order valence-electron chi connectivity index (χ0n) is 12.8. The van der Waals surface area contributed by atoms with E-state index in [2.05, 4.69) is 10.3 Å². The molecule has 2 aromatic carbocycles. The Morgan fingerprint density at radius 1 is 1.17 bits per heavy atom. The number of ether oxygens (including phenoxy) is 1. The number of aromatic nitrogens is 1. The molecule has 1 heterocycles. The molecule has 0 spiro atoms. The van der Waals surface area contributed by atoms with Crippen molar-refractivity contribution in [1.82, 2.24) is 4.98 Å². The molecule has 3 rings (SSSR count). The number of nitrogens with one attached hydrogen (secondary N) is 2. The van der Waals surface area contributed by atoms with Gasteiger partial charge in [-0.25, -0.2) is 4.79 Å². The number of anilines is 1. The van der Waals surface area contributed by atoms with E-state index in [1.165, 1.54) is 0 Å². The van der Waals surface area contributed by atoms with Gasteiger partial charge in [0.25, 0.3) is 5.91 Å². The van der Waals surface area contributed by atoms with Crippen molar-refractivity contribution in [2.45, 2.75) is 20.0 Å². The molecule has 23 heavy (non-hydrogen) atoms. The van der Waals surface area contributed by atoms with Gasteiger partial charge in [0.05, 0.1) is 11.8 Å². The fraction of sp³-hybridized carbons (Fsp3) is 0.176. The summed E-state index contributed by atoms with van der Waals surface area (Å²) in [7, 11) is 0.